The van der Waals surface area contributed by atoms with Crippen LogP contribution >= 0.6 is 11.3 Å². The molecule has 0 spiro atoms. The van der Waals surface area contributed by atoms with Crippen LogP contribution in [0.5, 0.6) is 0 Å². The summed E-state index contributed by atoms with van der Waals surface area (Å²) in [7, 11) is 1.68. The van der Waals surface area contributed by atoms with Crippen molar-refractivity contribution in [1.29, 1.82) is 5.26 Å². The number of aromatic nitrogens is 1. The Hall–Kier alpha value is -3.11. The summed E-state index contributed by atoms with van der Waals surface area (Å²) in [6.07, 6.45) is 0. The van der Waals surface area contributed by atoms with E-state index in [1.54, 1.807) is 13.1 Å². The second-order valence-corrected chi connectivity index (χ2v) is 7.22. The van der Waals surface area contributed by atoms with E-state index < -0.39 is 0 Å². The summed E-state index contributed by atoms with van der Waals surface area (Å²) >= 11 is 1.40. The van der Waals surface area contributed by atoms with Crippen LogP contribution in [0.3, 0.4) is 0 Å². The lowest BCUT2D eigenvalue weighted by atomic mass is 10.0. The number of pyridine rings is 1. The molecule has 0 radical (unpaired) electrons. The van der Waals surface area contributed by atoms with Gasteiger partial charge < -0.3 is 14.8 Å². The number of benzene rings is 1. The maximum Gasteiger partial charge on any atom is 0.270 e. The highest BCUT2D eigenvalue weighted by Crippen LogP contribution is 2.31. The number of rotatable bonds is 3. The molecule has 0 atom stereocenters. The monoisotopic (exact) mass is 364 g/mol. The van der Waals surface area contributed by atoms with Gasteiger partial charge in [-0.15, -0.1) is 11.3 Å². The van der Waals surface area contributed by atoms with Gasteiger partial charge in [-0.05, 0) is 17.5 Å². The van der Waals surface area contributed by atoms with Gasteiger partial charge in [0.05, 0.1) is 22.1 Å². The third-order valence-corrected chi connectivity index (χ3v) is 5.53. The third kappa shape index (κ3) is 2.55. The number of nitrogens with one attached hydrogen (secondary N) is 1. The summed E-state index contributed by atoms with van der Waals surface area (Å²) in [6.45, 7) is 1.14. The van der Waals surface area contributed by atoms with Crippen LogP contribution < -0.4 is 15.8 Å². The molecule has 1 aliphatic rings. The number of aryl methyl sites for hydroxylation is 1. The van der Waals surface area contributed by atoms with Crippen molar-refractivity contribution in [3.63, 3.8) is 0 Å². The molecular formula is C19H16N4O2S. The van der Waals surface area contributed by atoms with Gasteiger partial charge >= 0.3 is 0 Å². The van der Waals surface area contributed by atoms with Gasteiger partial charge in [-0.3, -0.25) is 9.59 Å². The van der Waals surface area contributed by atoms with Gasteiger partial charge in [-0.1, -0.05) is 24.3 Å². The maximum atomic E-state index is 12.5. The molecule has 0 bridgehead atoms. The van der Waals surface area contributed by atoms with E-state index in [0.717, 1.165) is 10.9 Å². The first-order valence-electron chi connectivity index (χ1n) is 8.21. The normalized spacial score (nSPS) is 14.1. The van der Waals surface area contributed by atoms with Gasteiger partial charge in [-0.25, -0.2) is 0 Å². The smallest absolute Gasteiger partial charge is 0.270 e. The van der Waals surface area contributed by atoms with E-state index in [9.17, 15) is 14.9 Å². The molecule has 2 aromatic heterocycles. The summed E-state index contributed by atoms with van der Waals surface area (Å²) in [5.41, 5.74) is 1.30. The largest absolute Gasteiger partial charge is 0.365 e. The fraction of sp³-hybridized carbons (Fsp3) is 0.211. The van der Waals surface area contributed by atoms with Crippen molar-refractivity contribution >= 4 is 33.8 Å². The predicted molar refractivity (Wildman–Crippen MR) is 102 cm³/mol. The van der Waals surface area contributed by atoms with Gasteiger partial charge in [0.1, 0.15) is 11.6 Å². The number of anilines is 1. The van der Waals surface area contributed by atoms with Crippen molar-refractivity contribution in [2.75, 3.05) is 18.0 Å². The molecule has 0 unspecified atom stereocenters. The Bertz CT molecular complexity index is 1090. The van der Waals surface area contributed by atoms with E-state index in [1.807, 2.05) is 40.6 Å². The van der Waals surface area contributed by atoms with Crippen LogP contribution in [0, 0.1) is 11.3 Å². The SMILES string of the molecule is Cn1c(=O)c(C#N)c(N2CC(NC(=O)c3cccs3)C2)c2ccccc21. The number of para-hydroxylation sites is 1. The van der Waals surface area contributed by atoms with Gasteiger partial charge in [0.25, 0.3) is 11.5 Å². The quantitative estimate of drug-likeness (QED) is 0.772. The van der Waals surface area contributed by atoms with E-state index in [1.165, 1.54) is 15.9 Å². The Morgan fingerprint density at radius 3 is 2.73 bits per heavy atom. The number of nitrogens with zero attached hydrogens (tertiary/aromatic N) is 3. The van der Waals surface area contributed by atoms with Crippen molar-refractivity contribution in [2.24, 2.45) is 7.05 Å². The lowest BCUT2D eigenvalue weighted by molar-refractivity contribution is 0.0934. The maximum absolute atomic E-state index is 12.5. The summed E-state index contributed by atoms with van der Waals surface area (Å²) in [5, 5.41) is 15.3. The molecule has 1 fully saturated rings. The fourth-order valence-electron chi connectivity index (χ4n) is 3.33. The number of fused-ring (bicyclic) bond motifs is 1. The van der Waals surface area contributed by atoms with Crippen molar-refractivity contribution in [3.05, 3.63) is 62.6 Å². The minimum absolute atomic E-state index is 0.000960. The van der Waals surface area contributed by atoms with Crippen LogP contribution in [0.1, 0.15) is 15.2 Å². The predicted octanol–water partition coefficient (Wildman–Crippen LogP) is 2.09. The molecule has 0 aliphatic carbocycles. The summed E-state index contributed by atoms with van der Waals surface area (Å²) in [6, 6.07) is 13.3. The topological polar surface area (TPSA) is 78.1 Å². The fourth-order valence-corrected chi connectivity index (χ4v) is 3.95. The Morgan fingerprint density at radius 1 is 1.27 bits per heavy atom. The standard InChI is InChI=1S/C19H16N4O2S/c1-22-15-6-3-2-5-13(15)17(14(9-20)19(22)25)23-10-12(11-23)21-18(24)16-7-4-8-26-16/h2-8,12H,10-11H2,1H3,(H,21,24). The third-order valence-electron chi connectivity index (χ3n) is 4.67. The van der Waals surface area contributed by atoms with E-state index >= 15 is 0 Å². The zero-order chi connectivity index (χ0) is 18.3. The van der Waals surface area contributed by atoms with Crippen LogP contribution in [0.25, 0.3) is 10.9 Å². The number of hydrogen-bond donors (Lipinski definition) is 1. The van der Waals surface area contributed by atoms with Crippen LogP contribution in [-0.2, 0) is 7.05 Å². The van der Waals surface area contributed by atoms with Crippen molar-refractivity contribution < 1.29 is 4.79 Å². The molecule has 3 aromatic rings. The summed E-state index contributed by atoms with van der Waals surface area (Å²) < 4.78 is 1.51. The second-order valence-electron chi connectivity index (χ2n) is 6.27. The summed E-state index contributed by atoms with van der Waals surface area (Å²) in [4.78, 5) is 27.4. The molecule has 26 heavy (non-hydrogen) atoms. The zero-order valence-electron chi connectivity index (χ0n) is 14.1. The van der Waals surface area contributed by atoms with Gasteiger partial charge in [0.15, 0.2) is 0 Å². The molecular weight excluding hydrogens is 348 g/mol. The first-order chi connectivity index (χ1) is 12.6. The molecule has 1 amide bonds. The second kappa shape index (κ2) is 6.32. The van der Waals surface area contributed by atoms with Crippen molar-refractivity contribution in [1.82, 2.24) is 9.88 Å². The van der Waals surface area contributed by atoms with E-state index in [-0.39, 0.29) is 23.1 Å². The number of hydrogen-bond acceptors (Lipinski definition) is 5. The first-order valence-corrected chi connectivity index (χ1v) is 9.09. The molecule has 7 heteroatoms. The van der Waals surface area contributed by atoms with Crippen molar-refractivity contribution in [3.8, 4) is 6.07 Å². The molecule has 1 aliphatic heterocycles. The molecule has 130 valence electrons. The average Bonchev–Trinajstić information content (AvgIpc) is 3.16. The van der Waals surface area contributed by atoms with Gasteiger partial charge in [0.2, 0.25) is 0 Å². The average molecular weight is 364 g/mol. The first kappa shape index (κ1) is 16.4. The Labute approximate surface area is 153 Å². The van der Waals surface area contributed by atoms with Gasteiger partial charge in [-0.2, -0.15) is 5.26 Å². The zero-order valence-corrected chi connectivity index (χ0v) is 14.9. The lowest BCUT2D eigenvalue weighted by Gasteiger charge is -2.42. The highest BCUT2D eigenvalue weighted by atomic mass is 32.1. The number of thiophene rings is 1. The number of carbonyl (C=O) groups is 1. The molecule has 1 N–H and O–H groups in total. The number of carbonyl (C=O) groups excluding carboxylic acids is 1. The molecule has 6 nitrogen and oxygen atoms in total. The highest BCUT2D eigenvalue weighted by molar-refractivity contribution is 7.12. The van der Waals surface area contributed by atoms with Crippen LogP contribution in [0.15, 0.2) is 46.6 Å². The van der Waals surface area contributed by atoms with E-state index in [4.69, 9.17) is 0 Å². The minimum atomic E-state index is -0.299. The minimum Gasteiger partial charge on any atom is -0.365 e. The Morgan fingerprint density at radius 2 is 2.04 bits per heavy atom. The van der Waals surface area contributed by atoms with Gasteiger partial charge in [0, 0.05) is 25.5 Å². The number of amides is 1. The van der Waals surface area contributed by atoms with Crippen LogP contribution in [0.4, 0.5) is 5.69 Å². The Balaban J connectivity index is 1.63. The van der Waals surface area contributed by atoms with Crippen LogP contribution in [0.2, 0.25) is 0 Å². The molecule has 1 aromatic carbocycles. The highest BCUT2D eigenvalue weighted by Gasteiger charge is 2.32. The molecule has 3 heterocycles. The number of nitriles is 1. The van der Waals surface area contributed by atoms with E-state index in [2.05, 4.69) is 11.4 Å². The lowest BCUT2D eigenvalue weighted by Crippen LogP contribution is -2.60. The summed E-state index contributed by atoms with van der Waals surface area (Å²) in [5.74, 6) is -0.0843. The van der Waals surface area contributed by atoms with Crippen molar-refractivity contribution in [2.45, 2.75) is 6.04 Å². The van der Waals surface area contributed by atoms with E-state index in [0.29, 0.717) is 23.7 Å². The molecule has 1 saturated heterocycles. The molecule has 0 saturated carbocycles. The Kier molecular flexibility index (Phi) is 3.98. The van der Waals surface area contributed by atoms with Crippen LogP contribution in [-0.4, -0.2) is 29.6 Å². The molecule has 4 rings (SSSR count).